The summed E-state index contributed by atoms with van der Waals surface area (Å²) in [6.07, 6.45) is -4.42. The number of hydrogen-bond donors (Lipinski definition) is 0. The molecule has 1 fully saturated rings. The van der Waals surface area contributed by atoms with Crippen LogP contribution >= 0.6 is 11.6 Å². The van der Waals surface area contributed by atoms with Crippen molar-refractivity contribution in [3.63, 3.8) is 0 Å². The van der Waals surface area contributed by atoms with Crippen LogP contribution in [0, 0.1) is 17.2 Å². The molecule has 0 radical (unpaired) electrons. The molecule has 0 spiro atoms. The van der Waals surface area contributed by atoms with E-state index in [2.05, 4.69) is 0 Å². The molecule has 1 amide bonds. The van der Waals surface area contributed by atoms with Crippen LogP contribution in [-0.4, -0.2) is 12.5 Å². The Balaban J connectivity index is 2.33. The minimum Gasteiger partial charge on any atom is -0.310 e. The SMILES string of the molecule is N#CC1CC(=O)N(c2ccc(C(F)(F)F)cc2Cl)C1. The van der Waals surface area contributed by atoms with Crippen molar-refractivity contribution in [3.8, 4) is 6.07 Å². The molecule has 0 N–H and O–H groups in total. The van der Waals surface area contributed by atoms with E-state index in [0.717, 1.165) is 18.2 Å². The maximum atomic E-state index is 12.5. The average Bonchev–Trinajstić information content (AvgIpc) is 2.69. The fraction of sp³-hybridized carbons (Fsp3) is 0.333. The smallest absolute Gasteiger partial charge is 0.310 e. The molecule has 1 aliphatic heterocycles. The topological polar surface area (TPSA) is 44.1 Å². The normalized spacial score (nSPS) is 19.6. The Morgan fingerprint density at radius 2 is 2.11 bits per heavy atom. The van der Waals surface area contributed by atoms with Crippen LogP contribution in [0.3, 0.4) is 0 Å². The maximum absolute atomic E-state index is 12.5. The Kier molecular flexibility index (Phi) is 3.42. The zero-order valence-electron chi connectivity index (χ0n) is 9.54. The summed E-state index contributed by atoms with van der Waals surface area (Å²) in [6.45, 7) is 0.153. The van der Waals surface area contributed by atoms with E-state index in [9.17, 15) is 18.0 Å². The number of carbonyl (C=O) groups is 1. The van der Waals surface area contributed by atoms with Gasteiger partial charge in [0.2, 0.25) is 5.91 Å². The van der Waals surface area contributed by atoms with Gasteiger partial charge in [0.25, 0.3) is 0 Å². The standard InChI is InChI=1S/C12H8ClF3N2O/c13-9-4-8(12(14,15)16)1-2-10(9)18-6-7(5-17)3-11(18)19/h1-2,4,7H,3,6H2. The highest BCUT2D eigenvalue weighted by atomic mass is 35.5. The number of nitrogens with zero attached hydrogens (tertiary/aromatic N) is 2. The highest BCUT2D eigenvalue weighted by Gasteiger charge is 2.34. The van der Waals surface area contributed by atoms with E-state index in [0.29, 0.717) is 0 Å². The van der Waals surface area contributed by atoms with E-state index in [1.807, 2.05) is 6.07 Å². The Labute approximate surface area is 112 Å². The quantitative estimate of drug-likeness (QED) is 0.796. The van der Waals surface area contributed by atoms with Gasteiger partial charge < -0.3 is 4.90 Å². The van der Waals surface area contributed by atoms with Gasteiger partial charge in [0.05, 0.1) is 28.3 Å². The van der Waals surface area contributed by atoms with Crippen LogP contribution in [0.1, 0.15) is 12.0 Å². The summed E-state index contributed by atoms with van der Waals surface area (Å²) < 4.78 is 37.5. The van der Waals surface area contributed by atoms with Crippen LogP contribution in [-0.2, 0) is 11.0 Å². The summed E-state index contributed by atoms with van der Waals surface area (Å²) in [5, 5.41) is 8.61. The molecule has 1 aromatic carbocycles. The number of rotatable bonds is 1. The molecular formula is C12H8ClF3N2O. The van der Waals surface area contributed by atoms with Crippen LogP contribution < -0.4 is 4.90 Å². The predicted octanol–water partition coefficient (Wildman–Crippen LogP) is 3.24. The molecule has 100 valence electrons. The van der Waals surface area contributed by atoms with Crippen molar-refractivity contribution in [2.45, 2.75) is 12.6 Å². The summed E-state index contributed by atoms with van der Waals surface area (Å²) in [7, 11) is 0. The van der Waals surface area contributed by atoms with E-state index in [1.54, 1.807) is 0 Å². The lowest BCUT2D eigenvalue weighted by Gasteiger charge is -2.18. The summed E-state index contributed by atoms with van der Waals surface area (Å²) >= 11 is 5.79. The van der Waals surface area contributed by atoms with Crippen LogP contribution in [0.15, 0.2) is 18.2 Å². The molecule has 1 atom stereocenters. The predicted molar refractivity (Wildman–Crippen MR) is 62.5 cm³/mol. The van der Waals surface area contributed by atoms with E-state index in [4.69, 9.17) is 16.9 Å². The van der Waals surface area contributed by atoms with Crippen LogP contribution in [0.2, 0.25) is 5.02 Å². The lowest BCUT2D eigenvalue weighted by atomic mass is 10.1. The third-order valence-electron chi connectivity index (χ3n) is 2.87. The largest absolute Gasteiger partial charge is 0.416 e. The molecule has 1 aliphatic rings. The first kappa shape index (κ1) is 13.7. The zero-order valence-corrected chi connectivity index (χ0v) is 10.3. The van der Waals surface area contributed by atoms with Crippen molar-refractivity contribution in [1.29, 1.82) is 5.26 Å². The fourth-order valence-corrected chi connectivity index (χ4v) is 2.21. The molecule has 1 heterocycles. The van der Waals surface area contributed by atoms with Crippen molar-refractivity contribution in [3.05, 3.63) is 28.8 Å². The second kappa shape index (κ2) is 4.74. The minimum absolute atomic E-state index is 0.0633. The van der Waals surface area contributed by atoms with E-state index >= 15 is 0 Å². The Morgan fingerprint density at radius 1 is 1.42 bits per heavy atom. The van der Waals surface area contributed by atoms with Gasteiger partial charge >= 0.3 is 6.18 Å². The molecule has 1 unspecified atom stereocenters. The van der Waals surface area contributed by atoms with Gasteiger partial charge in [0.15, 0.2) is 0 Å². The molecule has 2 rings (SSSR count). The van der Waals surface area contributed by atoms with Crippen molar-refractivity contribution in [2.24, 2.45) is 5.92 Å². The highest BCUT2D eigenvalue weighted by molar-refractivity contribution is 6.34. The first-order valence-corrected chi connectivity index (χ1v) is 5.77. The third kappa shape index (κ3) is 2.66. The van der Waals surface area contributed by atoms with Crippen LogP contribution in [0.25, 0.3) is 0 Å². The number of hydrogen-bond acceptors (Lipinski definition) is 2. The number of anilines is 1. The van der Waals surface area contributed by atoms with Gasteiger partial charge in [-0.1, -0.05) is 11.6 Å². The summed E-state index contributed by atoms with van der Waals surface area (Å²) in [6, 6.07) is 4.77. The lowest BCUT2D eigenvalue weighted by molar-refractivity contribution is -0.137. The highest BCUT2D eigenvalue weighted by Crippen LogP contribution is 2.36. The molecular weight excluding hydrogens is 281 g/mol. The van der Waals surface area contributed by atoms with Gasteiger partial charge in [-0.25, -0.2) is 0 Å². The van der Waals surface area contributed by atoms with E-state index in [-0.39, 0.29) is 29.6 Å². The first-order chi connectivity index (χ1) is 8.82. The summed E-state index contributed by atoms with van der Waals surface area (Å²) in [5.41, 5.74) is -0.665. The molecule has 0 bridgehead atoms. The summed E-state index contributed by atoms with van der Waals surface area (Å²) in [4.78, 5) is 12.9. The number of carbonyl (C=O) groups excluding carboxylic acids is 1. The second-order valence-electron chi connectivity index (χ2n) is 4.20. The van der Waals surface area contributed by atoms with Crippen molar-refractivity contribution >= 4 is 23.2 Å². The lowest BCUT2D eigenvalue weighted by Crippen LogP contribution is -2.24. The Bertz CT molecular complexity index is 565. The molecule has 1 saturated heterocycles. The van der Waals surface area contributed by atoms with E-state index < -0.39 is 17.7 Å². The molecule has 19 heavy (non-hydrogen) atoms. The maximum Gasteiger partial charge on any atom is 0.416 e. The Hall–Kier alpha value is -1.74. The van der Waals surface area contributed by atoms with Gasteiger partial charge in [-0.3, -0.25) is 4.79 Å². The van der Waals surface area contributed by atoms with Crippen molar-refractivity contribution in [2.75, 3.05) is 11.4 Å². The van der Waals surface area contributed by atoms with Gasteiger partial charge in [0, 0.05) is 13.0 Å². The monoisotopic (exact) mass is 288 g/mol. The molecule has 0 aliphatic carbocycles. The van der Waals surface area contributed by atoms with Gasteiger partial charge in [-0.15, -0.1) is 0 Å². The molecule has 3 nitrogen and oxygen atoms in total. The van der Waals surface area contributed by atoms with Crippen molar-refractivity contribution < 1.29 is 18.0 Å². The Morgan fingerprint density at radius 3 is 2.58 bits per heavy atom. The van der Waals surface area contributed by atoms with Gasteiger partial charge in [0.1, 0.15) is 0 Å². The van der Waals surface area contributed by atoms with E-state index in [1.165, 1.54) is 4.90 Å². The third-order valence-corrected chi connectivity index (χ3v) is 3.18. The fourth-order valence-electron chi connectivity index (χ4n) is 1.93. The number of benzene rings is 1. The van der Waals surface area contributed by atoms with Gasteiger partial charge in [-0.2, -0.15) is 18.4 Å². The molecule has 7 heteroatoms. The van der Waals surface area contributed by atoms with Gasteiger partial charge in [-0.05, 0) is 18.2 Å². The van der Waals surface area contributed by atoms with Crippen LogP contribution in [0.5, 0.6) is 0 Å². The first-order valence-electron chi connectivity index (χ1n) is 5.39. The minimum atomic E-state index is -4.48. The molecule has 0 saturated carbocycles. The number of nitriles is 1. The second-order valence-corrected chi connectivity index (χ2v) is 4.61. The van der Waals surface area contributed by atoms with Crippen LogP contribution in [0.4, 0.5) is 18.9 Å². The molecule has 1 aromatic rings. The average molecular weight is 289 g/mol. The number of amides is 1. The number of alkyl halides is 3. The zero-order chi connectivity index (χ0) is 14.2. The number of halogens is 4. The van der Waals surface area contributed by atoms with Crippen molar-refractivity contribution in [1.82, 2.24) is 0 Å². The molecule has 0 aromatic heterocycles. The summed E-state index contributed by atoms with van der Waals surface area (Å²) in [5.74, 6) is -0.765.